The predicted molar refractivity (Wildman–Crippen MR) is 79.5 cm³/mol. The number of hydrogen-bond acceptors (Lipinski definition) is 4. The van der Waals surface area contributed by atoms with Crippen molar-refractivity contribution < 1.29 is 9.53 Å². The summed E-state index contributed by atoms with van der Waals surface area (Å²) in [6.07, 6.45) is 0. The van der Waals surface area contributed by atoms with Gasteiger partial charge < -0.3 is 4.74 Å². The van der Waals surface area contributed by atoms with Crippen molar-refractivity contribution in [1.82, 2.24) is 9.78 Å². The molecule has 0 unspecified atom stereocenters. The van der Waals surface area contributed by atoms with Crippen molar-refractivity contribution >= 4 is 11.5 Å². The topological polar surface area (TPSA) is 61.2 Å². The Kier molecular flexibility index (Phi) is 4.33. The number of nitrogens with zero attached hydrogens (tertiary/aromatic N) is 2. The molecule has 0 radical (unpaired) electrons. The molecule has 0 bridgehead atoms. The van der Waals surface area contributed by atoms with Gasteiger partial charge in [0.2, 0.25) is 0 Å². The Morgan fingerprint density at radius 2 is 2.00 bits per heavy atom. The van der Waals surface area contributed by atoms with E-state index in [1.807, 2.05) is 30.3 Å². The van der Waals surface area contributed by atoms with Crippen molar-refractivity contribution in [3.8, 4) is 0 Å². The molecule has 1 aromatic heterocycles. The third kappa shape index (κ3) is 3.45. The zero-order valence-corrected chi connectivity index (χ0v) is 12.0. The Labute approximate surface area is 122 Å². The Morgan fingerprint density at radius 1 is 1.33 bits per heavy atom. The summed E-state index contributed by atoms with van der Waals surface area (Å²) in [5.41, 5.74) is 1.38. The summed E-state index contributed by atoms with van der Waals surface area (Å²) in [6.45, 7) is 5.55. The highest BCUT2D eigenvalue weighted by Crippen LogP contribution is 2.12. The first-order chi connectivity index (χ1) is 9.99. The summed E-state index contributed by atoms with van der Waals surface area (Å²) in [4.78, 5) is 24.0. The molecule has 0 atom stereocenters. The molecule has 0 saturated heterocycles. The zero-order valence-electron chi connectivity index (χ0n) is 12.0. The van der Waals surface area contributed by atoms with Crippen molar-refractivity contribution in [2.75, 3.05) is 0 Å². The van der Waals surface area contributed by atoms with Gasteiger partial charge in [-0.3, -0.25) is 4.79 Å². The lowest BCUT2D eigenvalue weighted by atomic mass is 10.1. The van der Waals surface area contributed by atoms with Crippen molar-refractivity contribution in [3.05, 3.63) is 70.2 Å². The van der Waals surface area contributed by atoms with Gasteiger partial charge in [0.05, 0.1) is 16.8 Å². The Bertz CT molecular complexity index is 733. The van der Waals surface area contributed by atoms with Crippen molar-refractivity contribution in [1.29, 1.82) is 0 Å². The summed E-state index contributed by atoms with van der Waals surface area (Å²) in [6, 6.07) is 10.8. The summed E-state index contributed by atoms with van der Waals surface area (Å²) >= 11 is 0. The second kappa shape index (κ2) is 6.17. The average molecular weight is 284 g/mol. The number of carbonyl (C=O) groups excluding carboxylic acids is 1. The van der Waals surface area contributed by atoms with Crippen LogP contribution in [0.15, 0.2) is 47.8 Å². The maximum absolute atomic E-state index is 12.0. The number of ether oxygens (including phenoxy) is 1. The first-order valence-corrected chi connectivity index (χ1v) is 6.44. The van der Waals surface area contributed by atoms with Gasteiger partial charge in [-0.05, 0) is 18.6 Å². The molecule has 0 spiro atoms. The van der Waals surface area contributed by atoms with Crippen LogP contribution in [0.1, 0.15) is 16.8 Å². The fourth-order valence-corrected chi connectivity index (χ4v) is 1.89. The summed E-state index contributed by atoms with van der Waals surface area (Å²) < 4.78 is 6.35. The fraction of sp³-hybridized carbons (Fsp3) is 0.188. The van der Waals surface area contributed by atoms with Crippen LogP contribution in [0, 0.1) is 6.92 Å². The normalized spacial score (nSPS) is 10.2. The van der Waals surface area contributed by atoms with E-state index in [2.05, 4.69) is 11.7 Å². The molecule has 0 fully saturated rings. The van der Waals surface area contributed by atoms with E-state index in [1.54, 1.807) is 6.92 Å². The van der Waals surface area contributed by atoms with Gasteiger partial charge in [0, 0.05) is 7.05 Å². The molecule has 0 N–H and O–H groups in total. The zero-order chi connectivity index (χ0) is 15.4. The van der Waals surface area contributed by atoms with E-state index in [0.717, 1.165) is 5.56 Å². The van der Waals surface area contributed by atoms with Gasteiger partial charge in [0.1, 0.15) is 6.61 Å². The van der Waals surface area contributed by atoms with Crippen LogP contribution in [0.5, 0.6) is 0 Å². The molecular formula is C16H16N2O3. The van der Waals surface area contributed by atoms with E-state index < -0.39 is 5.97 Å². The minimum atomic E-state index is -0.610. The number of hydrogen-bond donors (Lipinski definition) is 0. The second-order valence-electron chi connectivity index (χ2n) is 4.67. The van der Waals surface area contributed by atoms with Gasteiger partial charge in [0.15, 0.2) is 0 Å². The fourth-order valence-electron chi connectivity index (χ4n) is 1.89. The molecule has 1 heterocycles. The molecule has 2 rings (SSSR count). The van der Waals surface area contributed by atoms with Crippen molar-refractivity contribution in [2.24, 2.45) is 7.05 Å². The van der Waals surface area contributed by atoms with E-state index in [9.17, 15) is 9.59 Å². The first-order valence-electron chi connectivity index (χ1n) is 6.44. The molecule has 108 valence electrons. The number of benzene rings is 1. The van der Waals surface area contributed by atoms with Crippen LogP contribution in [0.3, 0.4) is 0 Å². The molecule has 0 aliphatic rings. The second-order valence-corrected chi connectivity index (χ2v) is 4.67. The van der Waals surface area contributed by atoms with Gasteiger partial charge in [-0.25, -0.2) is 9.48 Å². The molecule has 1 aromatic carbocycles. The highest BCUT2D eigenvalue weighted by molar-refractivity contribution is 6.15. The monoisotopic (exact) mass is 284 g/mol. The summed E-state index contributed by atoms with van der Waals surface area (Å²) in [7, 11) is 1.53. The van der Waals surface area contributed by atoms with Crippen LogP contribution in [0.25, 0.3) is 5.57 Å². The highest BCUT2D eigenvalue weighted by atomic mass is 16.5. The van der Waals surface area contributed by atoms with Crippen molar-refractivity contribution in [3.63, 3.8) is 0 Å². The molecular weight excluding hydrogens is 268 g/mol. The van der Waals surface area contributed by atoms with Crippen LogP contribution in [-0.2, 0) is 23.2 Å². The predicted octanol–water partition coefficient (Wildman–Crippen LogP) is 1.85. The van der Waals surface area contributed by atoms with Crippen LogP contribution < -0.4 is 5.56 Å². The minimum Gasteiger partial charge on any atom is -0.457 e. The lowest BCUT2D eigenvalue weighted by Crippen LogP contribution is -2.25. The van der Waals surface area contributed by atoms with Gasteiger partial charge in [-0.1, -0.05) is 36.9 Å². The number of aryl methyl sites for hydroxylation is 2. The van der Waals surface area contributed by atoms with Crippen LogP contribution >= 0.6 is 0 Å². The Hall–Kier alpha value is -2.69. The molecule has 21 heavy (non-hydrogen) atoms. The molecule has 2 aromatic rings. The van der Waals surface area contributed by atoms with E-state index >= 15 is 0 Å². The maximum atomic E-state index is 12.0. The smallest absolute Gasteiger partial charge is 0.338 e. The molecule has 0 aliphatic carbocycles. The Morgan fingerprint density at radius 3 is 2.67 bits per heavy atom. The molecule has 5 nitrogen and oxygen atoms in total. The van der Waals surface area contributed by atoms with Crippen LogP contribution in [-0.4, -0.2) is 15.7 Å². The quantitative estimate of drug-likeness (QED) is 0.635. The number of carbonyl (C=O) groups is 1. The van der Waals surface area contributed by atoms with E-state index in [1.165, 1.54) is 17.8 Å². The molecule has 0 saturated carbocycles. The van der Waals surface area contributed by atoms with Crippen LogP contribution in [0.2, 0.25) is 0 Å². The van der Waals surface area contributed by atoms with E-state index in [0.29, 0.717) is 5.69 Å². The summed E-state index contributed by atoms with van der Waals surface area (Å²) in [5, 5.41) is 3.98. The van der Waals surface area contributed by atoms with Crippen molar-refractivity contribution in [2.45, 2.75) is 13.5 Å². The SMILES string of the molecule is C=C(C(=O)OCc1ccccc1)c1cc(C)nn(C)c1=O. The lowest BCUT2D eigenvalue weighted by Gasteiger charge is -2.08. The number of esters is 1. The standard InChI is InChI=1S/C16H16N2O3/c1-11-9-14(15(19)18(3)17-11)12(2)16(20)21-10-13-7-5-4-6-8-13/h4-9H,2,10H2,1,3H3. The van der Waals surface area contributed by atoms with E-state index in [4.69, 9.17) is 4.74 Å². The third-order valence-electron chi connectivity index (χ3n) is 2.97. The largest absolute Gasteiger partial charge is 0.457 e. The highest BCUT2D eigenvalue weighted by Gasteiger charge is 2.16. The van der Waals surface area contributed by atoms with Gasteiger partial charge in [-0.2, -0.15) is 5.10 Å². The van der Waals surface area contributed by atoms with E-state index in [-0.39, 0.29) is 23.3 Å². The average Bonchev–Trinajstić information content (AvgIpc) is 2.48. The number of aromatic nitrogens is 2. The van der Waals surface area contributed by atoms with Gasteiger partial charge in [-0.15, -0.1) is 0 Å². The minimum absolute atomic E-state index is 0.0389. The molecule has 0 amide bonds. The Balaban J connectivity index is 2.13. The van der Waals surface area contributed by atoms with Gasteiger partial charge >= 0.3 is 5.97 Å². The first kappa shape index (κ1) is 14.7. The molecule has 0 aliphatic heterocycles. The summed E-state index contributed by atoms with van der Waals surface area (Å²) in [5.74, 6) is -0.610. The maximum Gasteiger partial charge on any atom is 0.338 e. The third-order valence-corrected chi connectivity index (χ3v) is 2.97. The number of rotatable bonds is 4. The molecule has 5 heteroatoms. The van der Waals surface area contributed by atoms with Crippen LogP contribution in [0.4, 0.5) is 0 Å². The lowest BCUT2D eigenvalue weighted by molar-refractivity contribution is -0.137. The van der Waals surface area contributed by atoms with Gasteiger partial charge in [0.25, 0.3) is 5.56 Å².